The molecule has 70 valence electrons. The van der Waals surface area contributed by atoms with Crippen LogP contribution >= 0.6 is 0 Å². The lowest BCUT2D eigenvalue weighted by molar-refractivity contribution is -0.141. The van der Waals surface area contributed by atoms with Crippen LogP contribution < -0.4 is 0 Å². The molecule has 1 heterocycles. The Balaban J connectivity index is 2.69. The van der Waals surface area contributed by atoms with Crippen LogP contribution in [0.15, 0.2) is 18.5 Å². The van der Waals surface area contributed by atoms with E-state index in [4.69, 9.17) is 5.11 Å². The molecule has 1 atom stereocenters. The summed E-state index contributed by atoms with van der Waals surface area (Å²) in [6.07, 6.45) is 4.02. The Morgan fingerprint density at radius 2 is 2.31 bits per heavy atom. The van der Waals surface area contributed by atoms with Gasteiger partial charge in [0.25, 0.3) is 0 Å². The molecule has 1 rings (SSSR count). The molecule has 0 aliphatic rings. The number of carboxylic acids is 1. The van der Waals surface area contributed by atoms with E-state index in [0.29, 0.717) is 6.42 Å². The van der Waals surface area contributed by atoms with Gasteiger partial charge in [0.15, 0.2) is 0 Å². The van der Waals surface area contributed by atoms with Gasteiger partial charge in [-0.2, -0.15) is 0 Å². The molecule has 1 aromatic heterocycles. The summed E-state index contributed by atoms with van der Waals surface area (Å²) in [6.45, 7) is 3.65. The first-order valence-corrected chi connectivity index (χ1v) is 4.23. The van der Waals surface area contributed by atoms with Crippen LogP contribution in [0.25, 0.3) is 0 Å². The molecule has 0 bridgehead atoms. The topological polar surface area (TPSA) is 50.2 Å². The molecule has 0 spiro atoms. The molecule has 13 heavy (non-hydrogen) atoms. The van der Waals surface area contributed by atoms with Crippen LogP contribution in [-0.4, -0.2) is 16.1 Å². The third-order valence-corrected chi connectivity index (χ3v) is 1.90. The van der Waals surface area contributed by atoms with Crippen LogP contribution in [0.3, 0.4) is 0 Å². The molecule has 1 aromatic rings. The van der Waals surface area contributed by atoms with Gasteiger partial charge in [0.05, 0.1) is 5.92 Å². The number of carbonyl (C=O) groups is 1. The minimum absolute atomic E-state index is 0.344. The van der Waals surface area contributed by atoms with Crippen molar-refractivity contribution in [1.29, 1.82) is 0 Å². The molecule has 3 heteroatoms. The van der Waals surface area contributed by atoms with Crippen molar-refractivity contribution in [3.63, 3.8) is 0 Å². The van der Waals surface area contributed by atoms with Gasteiger partial charge in [0.1, 0.15) is 0 Å². The minimum Gasteiger partial charge on any atom is -0.481 e. The van der Waals surface area contributed by atoms with Crippen LogP contribution in [0.4, 0.5) is 0 Å². The van der Waals surface area contributed by atoms with Gasteiger partial charge >= 0.3 is 5.97 Å². The monoisotopic (exact) mass is 179 g/mol. The molecule has 0 fully saturated rings. The second-order valence-electron chi connectivity index (χ2n) is 3.31. The van der Waals surface area contributed by atoms with Crippen molar-refractivity contribution < 1.29 is 9.90 Å². The highest BCUT2D eigenvalue weighted by Crippen LogP contribution is 2.08. The quantitative estimate of drug-likeness (QED) is 0.767. The molecule has 0 aliphatic carbocycles. The van der Waals surface area contributed by atoms with Crippen molar-refractivity contribution in [2.24, 2.45) is 5.92 Å². The fourth-order valence-corrected chi connectivity index (χ4v) is 1.17. The van der Waals surface area contributed by atoms with E-state index in [1.807, 2.05) is 13.0 Å². The molecule has 0 aliphatic heterocycles. The summed E-state index contributed by atoms with van der Waals surface area (Å²) in [7, 11) is 0. The van der Waals surface area contributed by atoms with Gasteiger partial charge in [-0.1, -0.05) is 13.0 Å². The normalized spacial score (nSPS) is 12.5. The number of rotatable bonds is 3. The second-order valence-corrected chi connectivity index (χ2v) is 3.31. The van der Waals surface area contributed by atoms with Crippen molar-refractivity contribution >= 4 is 5.97 Å². The first-order valence-electron chi connectivity index (χ1n) is 4.23. The molecule has 0 saturated carbocycles. The SMILES string of the molecule is Cc1cncc(C[C@@H](C)C(=O)O)c1. The van der Waals surface area contributed by atoms with Gasteiger partial charge < -0.3 is 5.11 Å². The molecule has 0 amide bonds. The van der Waals surface area contributed by atoms with Crippen molar-refractivity contribution in [2.45, 2.75) is 20.3 Å². The highest BCUT2D eigenvalue weighted by Gasteiger charge is 2.11. The lowest BCUT2D eigenvalue weighted by Gasteiger charge is -2.05. The highest BCUT2D eigenvalue weighted by atomic mass is 16.4. The number of carboxylic acid groups (broad SMARTS) is 1. The van der Waals surface area contributed by atoms with E-state index < -0.39 is 5.97 Å². The van der Waals surface area contributed by atoms with Gasteiger partial charge in [0, 0.05) is 12.4 Å². The Labute approximate surface area is 77.4 Å². The van der Waals surface area contributed by atoms with Gasteiger partial charge in [-0.25, -0.2) is 0 Å². The van der Waals surface area contributed by atoms with Crippen molar-refractivity contribution in [2.75, 3.05) is 0 Å². The van der Waals surface area contributed by atoms with Crippen LogP contribution in [-0.2, 0) is 11.2 Å². The summed E-state index contributed by atoms with van der Waals surface area (Å²) in [5.41, 5.74) is 2.05. The van der Waals surface area contributed by atoms with Crippen molar-refractivity contribution in [1.82, 2.24) is 4.98 Å². The summed E-state index contributed by atoms with van der Waals surface area (Å²) >= 11 is 0. The Morgan fingerprint density at radius 3 is 2.85 bits per heavy atom. The predicted octanol–water partition coefficient (Wildman–Crippen LogP) is 1.65. The van der Waals surface area contributed by atoms with E-state index in [0.717, 1.165) is 11.1 Å². The first kappa shape index (κ1) is 9.71. The summed E-state index contributed by atoms with van der Waals surface area (Å²) in [5, 5.41) is 8.69. The van der Waals surface area contributed by atoms with E-state index in [2.05, 4.69) is 4.98 Å². The van der Waals surface area contributed by atoms with Crippen molar-refractivity contribution in [3.8, 4) is 0 Å². The van der Waals surface area contributed by atoms with Crippen LogP contribution in [0.5, 0.6) is 0 Å². The summed E-state index contributed by atoms with van der Waals surface area (Å²) in [6, 6.07) is 1.96. The molecule has 0 saturated heterocycles. The number of hydrogen-bond acceptors (Lipinski definition) is 2. The summed E-state index contributed by atoms with van der Waals surface area (Å²) in [5.74, 6) is -1.11. The minimum atomic E-state index is -0.762. The van der Waals surface area contributed by atoms with Gasteiger partial charge in [-0.05, 0) is 24.5 Å². The van der Waals surface area contributed by atoms with E-state index in [1.165, 1.54) is 0 Å². The van der Waals surface area contributed by atoms with Gasteiger partial charge in [0.2, 0.25) is 0 Å². The maximum atomic E-state index is 10.6. The van der Waals surface area contributed by atoms with E-state index in [1.54, 1.807) is 19.3 Å². The number of aryl methyl sites for hydroxylation is 1. The largest absolute Gasteiger partial charge is 0.481 e. The Kier molecular flexibility index (Phi) is 3.01. The average molecular weight is 179 g/mol. The second kappa shape index (κ2) is 4.03. The molecule has 0 unspecified atom stereocenters. The number of pyridine rings is 1. The Hall–Kier alpha value is -1.38. The number of nitrogens with zero attached hydrogens (tertiary/aromatic N) is 1. The summed E-state index contributed by atoms with van der Waals surface area (Å²) < 4.78 is 0. The maximum absolute atomic E-state index is 10.6. The van der Waals surface area contributed by atoms with Crippen LogP contribution in [0.1, 0.15) is 18.1 Å². The van der Waals surface area contributed by atoms with Gasteiger partial charge in [-0.3, -0.25) is 9.78 Å². The zero-order chi connectivity index (χ0) is 9.84. The van der Waals surface area contributed by atoms with E-state index in [-0.39, 0.29) is 5.92 Å². The molecule has 0 aromatic carbocycles. The van der Waals surface area contributed by atoms with Crippen LogP contribution in [0, 0.1) is 12.8 Å². The third-order valence-electron chi connectivity index (χ3n) is 1.90. The zero-order valence-electron chi connectivity index (χ0n) is 7.82. The molecule has 1 N–H and O–H groups in total. The third kappa shape index (κ3) is 2.86. The van der Waals surface area contributed by atoms with Crippen molar-refractivity contribution in [3.05, 3.63) is 29.6 Å². The number of aliphatic carboxylic acids is 1. The first-order chi connectivity index (χ1) is 6.09. The lowest BCUT2D eigenvalue weighted by Crippen LogP contribution is -2.12. The Morgan fingerprint density at radius 1 is 1.62 bits per heavy atom. The smallest absolute Gasteiger partial charge is 0.306 e. The molecule has 0 radical (unpaired) electrons. The highest BCUT2D eigenvalue weighted by molar-refractivity contribution is 5.69. The van der Waals surface area contributed by atoms with Gasteiger partial charge in [-0.15, -0.1) is 0 Å². The molecular formula is C10H13NO2. The fraction of sp³-hybridized carbons (Fsp3) is 0.400. The maximum Gasteiger partial charge on any atom is 0.306 e. The predicted molar refractivity (Wildman–Crippen MR) is 49.5 cm³/mol. The van der Waals surface area contributed by atoms with Crippen LogP contribution in [0.2, 0.25) is 0 Å². The number of aromatic nitrogens is 1. The zero-order valence-corrected chi connectivity index (χ0v) is 7.82. The average Bonchev–Trinajstić information content (AvgIpc) is 2.04. The standard InChI is InChI=1S/C10H13NO2/c1-7-3-9(6-11-5-7)4-8(2)10(12)13/h3,5-6,8H,4H2,1-2H3,(H,12,13)/t8-/m1/s1. The summed E-state index contributed by atoms with van der Waals surface area (Å²) in [4.78, 5) is 14.6. The molecule has 3 nitrogen and oxygen atoms in total. The molecular weight excluding hydrogens is 166 g/mol. The fourth-order valence-electron chi connectivity index (χ4n) is 1.17. The lowest BCUT2D eigenvalue weighted by atomic mass is 10.0. The Bertz CT molecular complexity index is 310. The van der Waals surface area contributed by atoms with E-state index in [9.17, 15) is 4.79 Å². The van der Waals surface area contributed by atoms with E-state index >= 15 is 0 Å². The number of hydrogen-bond donors (Lipinski definition) is 1.